The smallest absolute Gasteiger partial charge is 0.255 e. The summed E-state index contributed by atoms with van der Waals surface area (Å²) in [5, 5.41) is 3.47. The highest BCUT2D eigenvalue weighted by Crippen LogP contribution is 2.26. The molecule has 1 amide bonds. The van der Waals surface area contributed by atoms with Crippen LogP contribution in [0.2, 0.25) is 0 Å². The summed E-state index contributed by atoms with van der Waals surface area (Å²) in [5.74, 6) is 0.629. The van der Waals surface area contributed by atoms with E-state index in [0.717, 1.165) is 42.9 Å². The Kier molecular flexibility index (Phi) is 6.72. The minimum atomic E-state index is 0. The zero-order chi connectivity index (χ0) is 18.2. The summed E-state index contributed by atoms with van der Waals surface area (Å²) in [6, 6.07) is 8.00. The highest BCUT2D eigenvalue weighted by Gasteiger charge is 2.34. The Labute approximate surface area is 181 Å². The van der Waals surface area contributed by atoms with Gasteiger partial charge in [0.25, 0.3) is 5.91 Å². The summed E-state index contributed by atoms with van der Waals surface area (Å²) in [6.07, 6.45) is 7.52. The predicted molar refractivity (Wildman–Crippen MR) is 116 cm³/mol. The van der Waals surface area contributed by atoms with Gasteiger partial charge in [-0.15, -0.1) is 24.8 Å². The number of carbonyl (C=O) groups excluding carboxylic acids is 1. The van der Waals surface area contributed by atoms with Crippen LogP contribution in [0.25, 0.3) is 11.2 Å². The third-order valence-electron chi connectivity index (χ3n) is 5.64. The molecule has 1 N–H and O–H groups in total. The number of halogens is 2. The Morgan fingerprint density at radius 1 is 1.14 bits per heavy atom. The summed E-state index contributed by atoms with van der Waals surface area (Å²) in [4.78, 5) is 28.5. The van der Waals surface area contributed by atoms with Crippen LogP contribution in [0, 0.1) is 5.92 Å². The van der Waals surface area contributed by atoms with Crippen molar-refractivity contribution < 1.29 is 4.79 Å². The molecule has 29 heavy (non-hydrogen) atoms. The van der Waals surface area contributed by atoms with Crippen LogP contribution in [0.3, 0.4) is 0 Å². The van der Waals surface area contributed by atoms with Crippen LogP contribution in [-0.2, 0) is 6.54 Å². The average Bonchev–Trinajstić information content (AvgIpc) is 2.87. The number of fused-ring (bicyclic) bond motifs is 5. The van der Waals surface area contributed by atoms with Gasteiger partial charge in [-0.1, -0.05) is 6.07 Å². The van der Waals surface area contributed by atoms with E-state index in [2.05, 4.69) is 20.3 Å². The maximum absolute atomic E-state index is 13.1. The van der Waals surface area contributed by atoms with Crippen LogP contribution >= 0.6 is 24.8 Å². The lowest BCUT2D eigenvalue weighted by Crippen LogP contribution is -2.47. The zero-order valence-corrected chi connectivity index (χ0v) is 17.5. The van der Waals surface area contributed by atoms with Crippen molar-refractivity contribution in [1.29, 1.82) is 0 Å². The summed E-state index contributed by atoms with van der Waals surface area (Å²) in [7, 11) is 0. The molecule has 3 fully saturated rings. The molecule has 3 aliphatic heterocycles. The van der Waals surface area contributed by atoms with Gasteiger partial charge >= 0.3 is 0 Å². The molecule has 0 radical (unpaired) electrons. The summed E-state index contributed by atoms with van der Waals surface area (Å²) >= 11 is 0. The number of carbonyl (C=O) groups is 1. The molecule has 3 saturated heterocycles. The Bertz CT molecular complexity index is 976. The van der Waals surface area contributed by atoms with Gasteiger partial charge in [0, 0.05) is 31.5 Å². The van der Waals surface area contributed by atoms with Crippen LogP contribution in [-0.4, -0.2) is 56.0 Å². The van der Waals surface area contributed by atoms with Crippen LogP contribution < -0.4 is 5.32 Å². The van der Waals surface area contributed by atoms with E-state index in [1.54, 1.807) is 18.7 Å². The second-order valence-electron chi connectivity index (χ2n) is 7.47. The molecule has 6 rings (SSSR count). The van der Waals surface area contributed by atoms with E-state index in [0.29, 0.717) is 18.0 Å². The average molecular weight is 435 g/mol. The molecule has 3 aliphatic rings. The minimum Gasteiger partial charge on any atom is -0.334 e. The summed E-state index contributed by atoms with van der Waals surface area (Å²) in [6.45, 7) is 3.34. The molecule has 2 atom stereocenters. The molecule has 0 aromatic carbocycles. The molecule has 3 aromatic heterocycles. The normalized spacial score (nSPS) is 20.6. The number of pyridine rings is 2. The van der Waals surface area contributed by atoms with Crippen molar-refractivity contribution in [2.45, 2.75) is 25.4 Å². The van der Waals surface area contributed by atoms with E-state index in [4.69, 9.17) is 0 Å². The number of nitrogens with one attached hydrogen (secondary N) is 1. The van der Waals surface area contributed by atoms with Gasteiger partial charge in [-0.2, -0.15) is 0 Å². The zero-order valence-electron chi connectivity index (χ0n) is 15.9. The SMILES string of the molecule is Cl.Cl.O=C(c1cnc2c(c1)ncn2Cc1ccccn1)N1C[C@@H]2CC[C@H]1CNC2. The van der Waals surface area contributed by atoms with Crippen LogP contribution in [0.1, 0.15) is 28.9 Å². The number of imidazole rings is 1. The number of rotatable bonds is 3. The van der Waals surface area contributed by atoms with Gasteiger partial charge < -0.3 is 14.8 Å². The van der Waals surface area contributed by atoms with Crippen molar-refractivity contribution in [3.63, 3.8) is 0 Å². The molecule has 7 nitrogen and oxygen atoms in total. The molecule has 0 spiro atoms. The van der Waals surface area contributed by atoms with E-state index in [-0.39, 0.29) is 36.8 Å². The Balaban J connectivity index is 0.00000120. The fourth-order valence-electron chi connectivity index (χ4n) is 4.20. The van der Waals surface area contributed by atoms with E-state index >= 15 is 0 Å². The van der Waals surface area contributed by atoms with Crippen molar-refractivity contribution in [3.05, 3.63) is 54.2 Å². The Morgan fingerprint density at radius 3 is 2.86 bits per heavy atom. The van der Waals surface area contributed by atoms with E-state index < -0.39 is 0 Å². The third-order valence-corrected chi connectivity index (χ3v) is 5.64. The fraction of sp³-hybridized carbons (Fsp3) is 0.400. The highest BCUT2D eigenvalue weighted by atomic mass is 35.5. The van der Waals surface area contributed by atoms with Gasteiger partial charge in [0.05, 0.1) is 24.1 Å². The number of hydrogen-bond acceptors (Lipinski definition) is 5. The first-order chi connectivity index (χ1) is 13.3. The molecular weight excluding hydrogens is 411 g/mol. The summed E-state index contributed by atoms with van der Waals surface area (Å²) in [5.41, 5.74) is 3.09. The number of aromatic nitrogens is 4. The molecule has 6 heterocycles. The Morgan fingerprint density at radius 2 is 2.03 bits per heavy atom. The topological polar surface area (TPSA) is 75.9 Å². The van der Waals surface area contributed by atoms with Crippen LogP contribution in [0.5, 0.6) is 0 Å². The van der Waals surface area contributed by atoms with Gasteiger partial charge in [-0.05, 0) is 43.5 Å². The van der Waals surface area contributed by atoms with Crippen molar-refractivity contribution >= 4 is 41.9 Å². The third kappa shape index (κ3) is 4.22. The monoisotopic (exact) mass is 434 g/mol. The van der Waals surface area contributed by atoms with Gasteiger partial charge in [0.1, 0.15) is 5.52 Å². The van der Waals surface area contributed by atoms with Gasteiger partial charge in [-0.25, -0.2) is 9.97 Å². The molecule has 3 aromatic rings. The van der Waals surface area contributed by atoms with Crippen molar-refractivity contribution in [1.82, 2.24) is 29.7 Å². The molecule has 9 heteroatoms. The lowest BCUT2D eigenvalue weighted by atomic mass is 9.94. The maximum Gasteiger partial charge on any atom is 0.255 e. The molecule has 0 unspecified atom stereocenters. The van der Waals surface area contributed by atoms with Gasteiger partial charge in [-0.3, -0.25) is 9.78 Å². The van der Waals surface area contributed by atoms with E-state index in [1.165, 1.54) is 6.42 Å². The number of nitrogens with zero attached hydrogens (tertiary/aromatic N) is 5. The first-order valence-electron chi connectivity index (χ1n) is 9.50. The lowest BCUT2D eigenvalue weighted by Gasteiger charge is -2.36. The first kappa shape index (κ1) is 21.5. The molecule has 0 saturated carbocycles. The molecule has 2 bridgehead atoms. The Hall–Kier alpha value is -2.22. The predicted octanol–water partition coefficient (Wildman–Crippen LogP) is 2.54. The maximum atomic E-state index is 13.1. The van der Waals surface area contributed by atoms with Gasteiger partial charge in [0.15, 0.2) is 5.65 Å². The van der Waals surface area contributed by atoms with Crippen molar-refractivity contribution in [3.8, 4) is 0 Å². The van der Waals surface area contributed by atoms with Crippen molar-refractivity contribution in [2.75, 3.05) is 19.6 Å². The lowest BCUT2D eigenvalue weighted by molar-refractivity contribution is 0.0591. The minimum absolute atomic E-state index is 0. The first-order valence-corrected chi connectivity index (χ1v) is 9.50. The number of hydrogen-bond donors (Lipinski definition) is 1. The fourth-order valence-corrected chi connectivity index (χ4v) is 4.20. The van der Waals surface area contributed by atoms with E-state index in [1.807, 2.05) is 33.7 Å². The molecular formula is C20H24Cl2N6O. The number of amides is 1. The van der Waals surface area contributed by atoms with Crippen molar-refractivity contribution in [2.24, 2.45) is 5.92 Å². The van der Waals surface area contributed by atoms with Gasteiger partial charge in [0.2, 0.25) is 0 Å². The van der Waals surface area contributed by atoms with E-state index in [9.17, 15) is 4.79 Å². The quantitative estimate of drug-likeness (QED) is 0.685. The van der Waals surface area contributed by atoms with Crippen LogP contribution in [0.4, 0.5) is 0 Å². The second-order valence-corrected chi connectivity index (χ2v) is 7.47. The van der Waals surface area contributed by atoms with Crippen LogP contribution in [0.15, 0.2) is 43.0 Å². The molecule has 154 valence electrons. The molecule has 0 aliphatic carbocycles. The summed E-state index contributed by atoms with van der Waals surface area (Å²) < 4.78 is 1.96. The number of piperidine rings is 1. The largest absolute Gasteiger partial charge is 0.334 e. The standard InChI is InChI=1S/C20H22N6O.2ClH/c27-20(26-11-14-4-5-17(26)10-21-8-14)15-7-18-19(23-9-15)25(13-24-18)12-16-3-1-2-6-22-16;;/h1-3,6-7,9,13-14,17,21H,4-5,8,10-12H2;2*1H/t14-,17+;;/m1../s1. The second kappa shape index (κ2) is 9.07. The highest BCUT2D eigenvalue weighted by molar-refractivity contribution is 5.96.